The SMILES string of the molecule is CCOc1cc(/C=C2\SC(=O)N(c3cccc(Cl)c3)C2=O)ccc1OCc1ccccc1[N+](=O)[O-]. The summed E-state index contributed by atoms with van der Waals surface area (Å²) < 4.78 is 11.5. The van der Waals surface area contributed by atoms with Gasteiger partial charge in [0.15, 0.2) is 11.5 Å². The lowest BCUT2D eigenvalue weighted by molar-refractivity contribution is -0.385. The Balaban J connectivity index is 1.56. The quantitative estimate of drug-likeness (QED) is 0.194. The van der Waals surface area contributed by atoms with Crippen molar-refractivity contribution in [2.24, 2.45) is 0 Å². The number of nitro benzene ring substituents is 1. The fraction of sp³-hybridized carbons (Fsp3) is 0.120. The first-order valence-electron chi connectivity index (χ1n) is 10.5. The number of rotatable bonds is 8. The van der Waals surface area contributed by atoms with Crippen LogP contribution in [0.15, 0.2) is 71.6 Å². The summed E-state index contributed by atoms with van der Waals surface area (Å²) in [6.45, 7) is 2.15. The van der Waals surface area contributed by atoms with Gasteiger partial charge in [-0.1, -0.05) is 35.9 Å². The molecule has 0 aromatic heterocycles. The molecule has 1 heterocycles. The van der Waals surface area contributed by atoms with E-state index in [-0.39, 0.29) is 17.2 Å². The average Bonchev–Trinajstić information content (AvgIpc) is 3.11. The minimum Gasteiger partial charge on any atom is -0.490 e. The van der Waals surface area contributed by atoms with Crippen molar-refractivity contribution < 1.29 is 24.0 Å². The normalized spacial score (nSPS) is 14.5. The molecule has 2 amide bonds. The third-order valence-electron chi connectivity index (χ3n) is 5.00. The number of benzene rings is 3. The standard InChI is InChI=1S/C25H19ClN2O6S/c1-2-33-22-12-16(10-11-21(22)34-15-17-6-3-4-9-20(17)28(31)32)13-23-24(29)27(25(30)35-23)19-8-5-7-18(26)14-19/h3-14H,2,15H2,1H3/b23-13-. The molecule has 8 nitrogen and oxygen atoms in total. The van der Waals surface area contributed by atoms with E-state index >= 15 is 0 Å². The van der Waals surface area contributed by atoms with E-state index in [1.165, 1.54) is 6.07 Å². The number of para-hydroxylation sites is 1. The van der Waals surface area contributed by atoms with E-state index in [2.05, 4.69) is 0 Å². The number of halogens is 1. The topological polar surface area (TPSA) is 99.0 Å². The van der Waals surface area contributed by atoms with Crippen molar-refractivity contribution >= 4 is 52.0 Å². The highest BCUT2D eigenvalue weighted by Gasteiger charge is 2.36. The van der Waals surface area contributed by atoms with Crippen LogP contribution in [0.1, 0.15) is 18.1 Å². The number of thioether (sulfide) groups is 1. The van der Waals surface area contributed by atoms with Gasteiger partial charge in [-0.15, -0.1) is 0 Å². The van der Waals surface area contributed by atoms with Crippen LogP contribution in [0.4, 0.5) is 16.2 Å². The number of hydrogen-bond acceptors (Lipinski definition) is 7. The smallest absolute Gasteiger partial charge is 0.298 e. The van der Waals surface area contributed by atoms with Crippen LogP contribution in [0.25, 0.3) is 6.08 Å². The molecule has 10 heteroatoms. The zero-order valence-electron chi connectivity index (χ0n) is 18.5. The Morgan fingerprint density at radius 1 is 1.03 bits per heavy atom. The van der Waals surface area contributed by atoms with Gasteiger partial charge in [-0.05, 0) is 66.7 Å². The molecule has 0 aliphatic carbocycles. The van der Waals surface area contributed by atoms with E-state index in [1.54, 1.807) is 66.7 Å². The summed E-state index contributed by atoms with van der Waals surface area (Å²) in [5, 5.41) is 11.2. The van der Waals surface area contributed by atoms with Gasteiger partial charge in [0, 0.05) is 11.1 Å². The summed E-state index contributed by atoms with van der Waals surface area (Å²) in [7, 11) is 0. The first kappa shape index (κ1) is 24.3. The monoisotopic (exact) mass is 510 g/mol. The highest BCUT2D eigenvalue weighted by Crippen LogP contribution is 2.38. The van der Waals surface area contributed by atoms with Crippen molar-refractivity contribution in [2.45, 2.75) is 13.5 Å². The first-order chi connectivity index (χ1) is 16.9. The lowest BCUT2D eigenvalue weighted by atomic mass is 10.1. The van der Waals surface area contributed by atoms with E-state index in [4.69, 9.17) is 21.1 Å². The van der Waals surface area contributed by atoms with E-state index in [0.717, 1.165) is 16.7 Å². The molecule has 3 aromatic carbocycles. The maximum absolute atomic E-state index is 12.9. The first-order valence-corrected chi connectivity index (χ1v) is 11.7. The zero-order valence-corrected chi connectivity index (χ0v) is 20.0. The summed E-state index contributed by atoms with van der Waals surface area (Å²) >= 11 is 6.84. The van der Waals surface area contributed by atoms with Gasteiger partial charge in [0.1, 0.15) is 6.61 Å². The van der Waals surface area contributed by atoms with Crippen molar-refractivity contribution in [3.8, 4) is 11.5 Å². The van der Waals surface area contributed by atoms with Crippen molar-refractivity contribution in [3.63, 3.8) is 0 Å². The highest BCUT2D eigenvalue weighted by molar-refractivity contribution is 8.19. The summed E-state index contributed by atoms with van der Waals surface area (Å²) in [6, 6.07) is 17.9. The Morgan fingerprint density at radius 2 is 1.83 bits per heavy atom. The number of carbonyl (C=O) groups excluding carboxylic acids is 2. The molecule has 1 saturated heterocycles. The van der Waals surface area contributed by atoms with Crippen LogP contribution in [0.5, 0.6) is 11.5 Å². The summed E-state index contributed by atoms with van der Waals surface area (Å²) in [5.41, 5.74) is 1.43. The molecule has 3 aromatic rings. The number of nitro groups is 1. The van der Waals surface area contributed by atoms with Crippen LogP contribution in [0, 0.1) is 10.1 Å². The van der Waals surface area contributed by atoms with Crippen molar-refractivity contribution in [1.29, 1.82) is 0 Å². The molecule has 0 N–H and O–H groups in total. The third kappa shape index (κ3) is 5.47. The molecule has 0 bridgehead atoms. The molecule has 0 unspecified atom stereocenters. The Hall–Kier alpha value is -3.82. The number of carbonyl (C=O) groups is 2. The van der Waals surface area contributed by atoms with Crippen LogP contribution >= 0.6 is 23.4 Å². The third-order valence-corrected chi connectivity index (χ3v) is 6.10. The number of amides is 2. The molecule has 0 saturated carbocycles. The Labute approximate surface area is 210 Å². The predicted octanol–water partition coefficient (Wildman–Crippen LogP) is 6.47. The van der Waals surface area contributed by atoms with E-state index in [0.29, 0.717) is 39.9 Å². The minimum absolute atomic E-state index is 0.0188. The molecular weight excluding hydrogens is 492 g/mol. The van der Waals surface area contributed by atoms with Crippen LogP contribution in [-0.2, 0) is 11.4 Å². The predicted molar refractivity (Wildman–Crippen MR) is 135 cm³/mol. The Kier molecular flexibility index (Phi) is 7.38. The van der Waals surface area contributed by atoms with Crippen LogP contribution in [0.2, 0.25) is 5.02 Å². The van der Waals surface area contributed by atoms with E-state index in [9.17, 15) is 19.7 Å². The van der Waals surface area contributed by atoms with Gasteiger partial charge in [-0.25, -0.2) is 4.90 Å². The van der Waals surface area contributed by atoms with Gasteiger partial charge in [0.05, 0.1) is 27.7 Å². The molecule has 0 spiro atoms. The van der Waals surface area contributed by atoms with Crippen molar-refractivity contribution in [3.05, 3.63) is 97.9 Å². The van der Waals surface area contributed by atoms with Crippen LogP contribution in [-0.4, -0.2) is 22.7 Å². The molecule has 0 atom stereocenters. The molecule has 1 aliphatic heterocycles. The molecule has 1 fully saturated rings. The number of nitrogens with zero attached hydrogens (tertiary/aromatic N) is 2. The second-order valence-electron chi connectivity index (χ2n) is 7.31. The maximum Gasteiger partial charge on any atom is 0.298 e. The Morgan fingerprint density at radius 3 is 2.57 bits per heavy atom. The molecule has 0 radical (unpaired) electrons. The van der Waals surface area contributed by atoms with Gasteiger partial charge in [-0.3, -0.25) is 19.7 Å². The second kappa shape index (κ2) is 10.6. The molecule has 4 rings (SSSR count). The fourth-order valence-electron chi connectivity index (χ4n) is 3.43. The Bertz CT molecular complexity index is 1340. The molecule has 35 heavy (non-hydrogen) atoms. The largest absolute Gasteiger partial charge is 0.490 e. The highest BCUT2D eigenvalue weighted by atomic mass is 35.5. The molecule has 178 valence electrons. The lowest BCUT2D eigenvalue weighted by Crippen LogP contribution is -2.27. The van der Waals surface area contributed by atoms with Gasteiger partial charge < -0.3 is 9.47 Å². The lowest BCUT2D eigenvalue weighted by Gasteiger charge is -2.13. The summed E-state index contributed by atoms with van der Waals surface area (Å²) in [6.07, 6.45) is 1.60. The maximum atomic E-state index is 12.9. The average molecular weight is 511 g/mol. The van der Waals surface area contributed by atoms with Gasteiger partial charge in [0.2, 0.25) is 0 Å². The number of ether oxygens (including phenoxy) is 2. The van der Waals surface area contributed by atoms with E-state index < -0.39 is 16.1 Å². The second-order valence-corrected chi connectivity index (χ2v) is 8.74. The number of anilines is 1. The van der Waals surface area contributed by atoms with Gasteiger partial charge >= 0.3 is 0 Å². The van der Waals surface area contributed by atoms with Gasteiger partial charge in [-0.2, -0.15) is 0 Å². The zero-order chi connectivity index (χ0) is 24.9. The van der Waals surface area contributed by atoms with Gasteiger partial charge in [0.25, 0.3) is 16.8 Å². The number of imide groups is 1. The summed E-state index contributed by atoms with van der Waals surface area (Å²) in [4.78, 5) is 37.6. The van der Waals surface area contributed by atoms with Crippen molar-refractivity contribution in [2.75, 3.05) is 11.5 Å². The molecular formula is C25H19ClN2O6S. The van der Waals surface area contributed by atoms with Crippen LogP contribution in [0.3, 0.4) is 0 Å². The van der Waals surface area contributed by atoms with Crippen LogP contribution < -0.4 is 14.4 Å². The van der Waals surface area contributed by atoms with Crippen molar-refractivity contribution in [1.82, 2.24) is 0 Å². The molecule has 1 aliphatic rings. The van der Waals surface area contributed by atoms with E-state index in [1.807, 2.05) is 6.92 Å². The fourth-order valence-corrected chi connectivity index (χ4v) is 4.45. The minimum atomic E-state index is -0.457. The summed E-state index contributed by atoms with van der Waals surface area (Å²) in [5.74, 6) is 0.361. The number of hydrogen-bond donors (Lipinski definition) is 0.